The molecule has 1 aromatic heterocycles. The summed E-state index contributed by atoms with van der Waals surface area (Å²) >= 11 is 0. The van der Waals surface area contributed by atoms with Gasteiger partial charge in [-0.15, -0.1) is 24.8 Å². The summed E-state index contributed by atoms with van der Waals surface area (Å²) in [5.41, 5.74) is 2.71. The number of piperazine rings is 1. The molecular weight excluding hydrogens is 333 g/mol. The summed E-state index contributed by atoms with van der Waals surface area (Å²) in [5.74, 6) is 0.0641. The third-order valence-corrected chi connectivity index (χ3v) is 3.85. The summed E-state index contributed by atoms with van der Waals surface area (Å²) < 4.78 is 0. The number of benzene rings is 1. The van der Waals surface area contributed by atoms with Crippen molar-refractivity contribution < 1.29 is 4.79 Å². The summed E-state index contributed by atoms with van der Waals surface area (Å²) in [7, 11) is 0. The van der Waals surface area contributed by atoms with E-state index >= 15 is 0 Å². The van der Waals surface area contributed by atoms with Crippen LogP contribution in [0.2, 0.25) is 0 Å². The standard InChI is InChI=1S/C17H19N3O.2ClH/c1-13-10-18-7-8-20(13)17(21)16-9-15(11-19-12-16)14-5-3-2-4-6-14;;/h2-6,9,11-13,18H,7-8,10H2,1H3;2*1H. The minimum absolute atomic E-state index is 0. The monoisotopic (exact) mass is 353 g/mol. The Labute approximate surface area is 149 Å². The van der Waals surface area contributed by atoms with Crippen molar-refractivity contribution in [2.45, 2.75) is 13.0 Å². The predicted octanol–water partition coefficient (Wildman–Crippen LogP) is 3.03. The molecule has 0 bridgehead atoms. The maximum absolute atomic E-state index is 12.7. The first-order chi connectivity index (χ1) is 10.3. The van der Waals surface area contributed by atoms with Crippen molar-refractivity contribution in [2.75, 3.05) is 19.6 Å². The molecule has 1 fully saturated rings. The number of hydrogen-bond acceptors (Lipinski definition) is 3. The Hall–Kier alpha value is -1.62. The molecule has 3 rings (SSSR count). The van der Waals surface area contributed by atoms with Gasteiger partial charge in [0.2, 0.25) is 0 Å². The molecule has 1 atom stereocenters. The lowest BCUT2D eigenvalue weighted by Gasteiger charge is -2.34. The molecule has 0 saturated carbocycles. The molecule has 23 heavy (non-hydrogen) atoms. The molecule has 1 aromatic carbocycles. The van der Waals surface area contributed by atoms with Gasteiger partial charge in [-0.1, -0.05) is 30.3 Å². The van der Waals surface area contributed by atoms with Crippen molar-refractivity contribution in [3.8, 4) is 11.1 Å². The smallest absolute Gasteiger partial charge is 0.255 e. The highest BCUT2D eigenvalue weighted by Crippen LogP contribution is 2.20. The van der Waals surface area contributed by atoms with Gasteiger partial charge in [0.05, 0.1) is 5.56 Å². The first-order valence-electron chi connectivity index (χ1n) is 7.28. The van der Waals surface area contributed by atoms with Crippen molar-refractivity contribution in [1.29, 1.82) is 0 Å². The lowest BCUT2D eigenvalue weighted by atomic mass is 10.1. The average molecular weight is 354 g/mol. The number of hydrogen-bond donors (Lipinski definition) is 1. The molecule has 124 valence electrons. The molecule has 4 nitrogen and oxygen atoms in total. The van der Waals surface area contributed by atoms with Gasteiger partial charge in [-0.2, -0.15) is 0 Å². The maximum Gasteiger partial charge on any atom is 0.255 e. The average Bonchev–Trinajstić information content (AvgIpc) is 2.56. The zero-order chi connectivity index (χ0) is 14.7. The van der Waals surface area contributed by atoms with Gasteiger partial charge >= 0.3 is 0 Å². The van der Waals surface area contributed by atoms with Gasteiger partial charge in [-0.3, -0.25) is 9.78 Å². The second-order valence-corrected chi connectivity index (χ2v) is 5.38. The Morgan fingerprint density at radius 2 is 1.91 bits per heavy atom. The van der Waals surface area contributed by atoms with Gasteiger partial charge in [-0.25, -0.2) is 0 Å². The van der Waals surface area contributed by atoms with Gasteiger partial charge < -0.3 is 10.2 Å². The Morgan fingerprint density at radius 3 is 2.61 bits per heavy atom. The summed E-state index contributed by atoms with van der Waals surface area (Å²) in [4.78, 5) is 18.8. The molecular formula is C17H21Cl2N3O. The van der Waals surface area contributed by atoms with E-state index in [1.54, 1.807) is 12.4 Å². The first-order valence-corrected chi connectivity index (χ1v) is 7.28. The van der Waals surface area contributed by atoms with Crippen LogP contribution in [-0.4, -0.2) is 41.5 Å². The van der Waals surface area contributed by atoms with Gasteiger partial charge in [0.1, 0.15) is 0 Å². The molecule has 2 heterocycles. The second kappa shape index (κ2) is 8.87. The van der Waals surface area contributed by atoms with Crippen LogP contribution in [0.1, 0.15) is 17.3 Å². The molecule has 1 aliphatic heterocycles. The molecule has 1 N–H and O–H groups in total. The SMILES string of the molecule is CC1CNCCN1C(=O)c1cncc(-c2ccccc2)c1.Cl.Cl. The van der Waals surface area contributed by atoms with E-state index in [1.165, 1.54) is 0 Å². The molecule has 1 aliphatic rings. The summed E-state index contributed by atoms with van der Waals surface area (Å²) in [6.07, 6.45) is 3.46. The fourth-order valence-corrected chi connectivity index (χ4v) is 2.65. The number of rotatable bonds is 2. The quantitative estimate of drug-likeness (QED) is 0.902. The largest absolute Gasteiger partial charge is 0.333 e. The van der Waals surface area contributed by atoms with E-state index in [2.05, 4.69) is 17.2 Å². The van der Waals surface area contributed by atoms with Crippen molar-refractivity contribution in [3.63, 3.8) is 0 Å². The van der Waals surface area contributed by atoms with Crippen LogP contribution in [0.3, 0.4) is 0 Å². The Kier molecular flexibility index (Phi) is 7.49. The number of aromatic nitrogens is 1. The zero-order valence-electron chi connectivity index (χ0n) is 12.9. The van der Waals surface area contributed by atoms with Crippen LogP contribution in [0.4, 0.5) is 0 Å². The van der Waals surface area contributed by atoms with Crippen LogP contribution in [0.15, 0.2) is 48.8 Å². The molecule has 6 heteroatoms. The van der Waals surface area contributed by atoms with Crippen molar-refractivity contribution in [1.82, 2.24) is 15.2 Å². The first kappa shape index (κ1) is 19.4. The fourth-order valence-electron chi connectivity index (χ4n) is 2.65. The third kappa shape index (κ3) is 4.44. The van der Waals surface area contributed by atoms with E-state index in [4.69, 9.17) is 0 Å². The highest BCUT2D eigenvalue weighted by molar-refractivity contribution is 5.95. The Bertz CT molecular complexity index is 637. The van der Waals surface area contributed by atoms with Crippen LogP contribution < -0.4 is 5.32 Å². The topological polar surface area (TPSA) is 45.2 Å². The molecule has 1 unspecified atom stereocenters. The fraction of sp³-hybridized carbons (Fsp3) is 0.294. The highest BCUT2D eigenvalue weighted by Gasteiger charge is 2.24. The maximum atomic E-state index is 12.7. The van der Waals surface area contributed by atoms with E-state index < -0.39 is 0 Å². The number of carbonyl (C=O) groups is 1. The molecule has 0 spiro atoms. The molecule has 2 aromatic rings. The Balaban J connectivity index is 0.00000132. The minimum atomic E-state index is 0. The summed E-state index contributed by atoms with van der Waals surface area (Å²) in [6, 6.07) is 12.2. The normalized spacial score (nSPS) is 16.9. The third-order valence-electron chi connectivity index (χ3n) is 3.85. The summed E-state index contributed by atoms with van der Waals surface area (Å²) in [5, 5.41) is 3.30. The lowest BCUT2D eigenvalue weighted by Crippen LogP contribution is -2.52. The van der Waals surface area contributed by atoms with Gasteiger partial charge in [-0.05, 0) is 18.6 Å². The second-order valence-electron chi connectivity index (χ2n) is 5.38. The highest BCUT2D eigenvalue weighted by atomic mass is 35.5. The summed E-state index contributed by atoms with van der Waals surface area (Å²) in [6.45, 7) is 4.51. The number of nitrogens with one attached hydrogen (secondary N) is 1. The van der Waals surface area contributed by atoms with Crippen LogP contribution in [0.5, 0.6) is 0 Å². The predicted molar refractivity (Wildman–Crippen MR) is 97.5 cm³/mol. The van der Waals surface area contributed by atoms with Crippen LogP contribution in [0.25, 0.3) is 11.1 Å². The van der Waals surface area contributed by atoms with Crippen molar-refractivity contribution in [2.24, 2.45) is 0 Å². The molecule has 0 radical (unpaired) electrons. The van der Waals surface area contributed by atoms with Crippen LogP contribution >= 0.6 is 24.8 Å². The molecule has 0 aliphatic carbocycles. The van der Waals surface area contributed by atoms with Crippen LogP contribution in [0, 0.1) is 0 Å². The number of carbonyl (C=O) groups excluding carboxylic acids is 1. The lowest BCUT2D eigenvalue weighted by molar-refractivity contribution is 0.0655. The van der Waals surface area contributed by atoms with E-state index in [1.807, 2.05) is 41.3 Å². The van der Waals surface area contributed by atoms with Crippen molar-refractivity contribution in [3.05, 3.63) is 54.4 Å². The van der Waals surface area contributed by atoms with Crippen LogP contribution in [-0.2, 0) is 0 Å². The number of nitrogens with zero attached hydrogens (tertiary/aromatic N) is 2. The van der Waals surface area contributed by atoms with Gasteiger partial charge in [0, 0.05) is 43.6 Å². The van der Waals surface area contributed by atoms with E-state index in [0.29, 0.717) is 5.56 Å². The van der Waals surface area contributed by atoms with E-state index in [-0.39, 0.29) is 36.8 Å². The number of pyridine rings is 1. The minimum Gasteiger partial charge on any atom is -0.333 e. The van der Waals surface area contributed by atoms with E-state index in [0.717, 1.165) is 30.8 Å². The number of amides is 1. The van der Waals surface area contributed by atoms with E-state index in [9.17, 15) is 4.79 Å². The Morgan fingerprint density at radius 1 is 1.17 bits per heavy atom. The van der Waals surface area contributed by atoms with Gasteiger partial charge in [0.15, 0.2) is 0 Å². The number of halogens is 2. The zero-order valence-corrected chi connectivity index (χ0v) is 14.6. The molecule has 1 saturated heterocycles. The van der Waals surface area contributed by atoms with Crippen molar-refractivity contribution >= 4 is 30.7 Å². The van der Waals surface area contributed by atoms with Gasteiger partial charge in [0.25, 0.3) is 5.91 Å². The molecule has 1 amide bonds.